The molecule has 4 N–H and O–H groups in total. The smallest absolute Gasteiger partial charge is 0.362 e. The molecule has 0 radical (unpaired) electrons. The zero-order chi connectivity index (χ0) is 12.7. The molecule has 1 rings (SSSR count). The van der Waals surface area contributed by atoms with Crippen molar-refractivity contribution in [1.29, 1.82) is 0 Å². The number of hydrogen-bond donors (Lipinski definition) is 2. The van der Waals surface area contributed by atoms with Gasteiger partial charge in [-0.2, -0.15) is 0 Å². The van der Waals surface area contributed by atoms with E-state index in [1.807, 2.05) is 30.3 Å². The topological polar surface area (TPSA) is 64.9 Å². The monoisotopic (exact) mass is 273 g/mol. The van der Waals surface area contributed by atoms with Crippen LogP contribution in [-0.4, -0.2) is 23.3 Å². The van der Waals surface area contributed by atoms with E-state index in [0.717, 1.165) is 5.56 Å². The lowest BCUT2D eigenvalue weighted by molar-refractivity contribution is -0.409. The summed E-state index contributed by atoms with van der Waals surface area (Å²) in [6.07, 6.45) is 2.45. The van der Waals surface area contributed by atoms with Crippen molar-refractivity contribution in [3.8, 4) is 0 Å². The van der Waals surface area contributed by atoms with Gasteiger partial charge in [0.2, 0.25) is 0 Å². The van der Waals surface area contributed by atoms with Crippen LogP contribution in [0.4, 0.5) is 4.39 Å². The van der Waals surface area contributed by atoms with Gasteiger partial charge in [-0.15, -0.1) is 0 Å². The van der Waals surface area contributed by atoms with Gasteiger partial charge < -0.3 is 23.2 Å². The third-order valence-corrected chi connectivity index (χ3v) is 2.44. The Morgan fingerprint density at radius 1 is 1.33 bits per heavy atom. The molecule has 1 unspecified atom stereocenters. The highest BCUT2D eigenvalue weighted by Crippen LogP contribution is 2.08. The average Bonchev–Trinajstić information content (AvgIpc) is 2.34. The number of quaternary nitrogens is 1. The van der Waals surface area contributed by atoms with Crippen LogP contribution in [0.3, 0.4) is 0 Å². The Morgan fingerprint density at radius 2 is 1.94 bits per heavy atom. The highest BCUT2D eigenvalue weighted by atomic mass is 35.5. The number of rotatable bonds is 6. The first-order valence-corrected chi connectivity index (χ1v) is 5.53. The third kappa shape index (κ3) is 6.37. The van der Waals surface area contributed by atoms with Gasteiger partial charge in [-0.05, 0) is 12.0 Å². The average molecular weight is 274 g/mol. The predicted octanol–water partition coefficient (Wildman–Crippen LogP) is -1.48. The van der Waals surface area contributed by atoms with Crippen LogP contribution in [0, 0.1) is 0 Å². The molecule has 0 aliphatic heterocycles. The Labute approximate surface area is 112 Å². The summed E-state index contributed by atoms with van der Waals surface area (Å²) in [5, 5.41) is 8.60. The minimum Gasteiger partial charge on any atom is -1.00 e. The second-order valence-electron chi connectivity index (χ2n) is 3.90. The number of hydrogen-bond acceptors (Lipinski definition) is 1. The van der Waals surface area contributed by atoms with Gasteiger partial charge in [0.05, 0.1) is 0 Å². The summed E-state index contributed by atoms with van der Waals surface area (Å²) in [5.41, 5.74) is 4.37. The Bertz CT molecular complexity index is 384. The zero-order valence-electron chi connectivity index (χ0n) is 9.93. The highest BCUT2D eigenvalue weighted by Gasteiger charge is 2.16. The molecule has 0 fully saturated rings. The number of alkyl halides is 1. The summed E-state index contributed by atoms with van der Waals surface area (Å²) < 4.78 is 13.4. The lowest BCUT2D eigenvalue weighted by Gasteiger charge is -2.04. The maximum Gasteiger partial charge on any atom is 0.362 e. The van der Waals surface area contributed by atoms with E-state index in [2.05, 4.69) is 5.73 Å². The quantitative estimate of drug-likeness (QED) is 0.664. The molecular weight excluding hydrogens is 257 g/mol. The summed E-state index contributed by atoms with van der Waals surface area (Å²) in [7, 11) is 0. The summed E-state index contributed by atoms with van der Waals surface area (Å²) in [6.45, 7) is 0. The fraction of sp³-hybridized carbons (Fsp3) is 0.308. The second-order valence-corrected chi connectivity index (χ2v) is 3.90. The summed E-state index contributed by atoms with van der Waals surface area (Å²) in [6, 6.07) is 8.67. The van der Waals surface area contributed by atoms with E-state index >= 15 is 0 Å². The minimum atomic E-state index is -1.13. The molecule has 0 saturated carbocycles. The Kier molecular flexibility index (Phi) is 8.00. The largest absolute Gasteiger partial charge is 1.00 e. The van der Waals surface area contributed by atoms with Crippen molar-refractivity contribution >= 4 is 12.0 Å². The van der Waals surface area contributed by atoms with E-state index in [9.17, 15) is 9.18 Å². The van der Waals surface area contributed by atoms with Crippen molar-refractivity contribution in [2.24, 2.45) is 0 Å². The third-order valence-electron chi connectivity index (χ3n) is 2.44. The van der Waals surface area contributed by atoms with E-state index in [1.165, 1.54) is 6.08 Å². The van der Waals surface area contributed by atoms with Crippen molar-refractivity contribution in [2.75, 3.05) is 0 Å². The molecule has 0 saturated heterocycles. The number of carboxylic acid groups (broad SMARTS) is 1. The van der Waals surface area contributed by atoms with Gasteiger partial charge in [-0.1, -0.05) is 42.5 Å². The molecule has 0 aromatic heterocycles. The first kappa shape index (κ1) is 16.6. The number of carboxylic acids is 1. The van der Waals surface area contributed by atoms with Gasteiger partial charge in [0.15, 0.2) is 6.04 Å². The maximum absolute atomic E-state index is 13.4. The summed E-state index contributed by atoms with van der Waals surface area (Å²) in [5.74, 6) is -0.982. The fourth-order valence-electron chi connectivity index (χ4n) is 1.36. The van der Waals surface area contributed by atoms with Crippen LogP contribution in [0.5, 0.6) is 0 Å². The van der Waals surface area contributed by atoms with Gasteiger partial charge in [-0.3, -0.25) is 0 Å². The maximum atomic E-state index is 13.4. The van der Waals surface area contributed by atoms with E-state index in [1.54, 1.807) is 6.08 Å². The Balaban J connectivity index is 0.00000289. The lowest BCUT2D eigenvalue weighted by atomic mass is 10.1. The summed E-state index contributed by atoms with van der Waals surface area (Å²) in [4.78, 5) is 10.5. The highest BCUT2D eigenvalue weighted by molar-refractivity contribution is 5.71. The molecule has 100 valence electrons. The van der Waals surface area contributed by atoms with Crippen molar-refractivity contribution < 1.29 is 32.4 Å². The standard InChI is InChI=1S/C13H16FNO2.ClH/c14-11(8-9-12(15)13(16)17)7-6-10-4-2-1-3-5-10;/h1-7,11-12H,8-9,15H2,(H,16,17);1H/b7-6+;/t11?,12-;/m1./s1. The number of halogens is 2. The van der Waals surface area contributed by atoms with Crippen LogP contribution in [0.2, 0.25) is 0 Å². The fourth-order valence-corrected chi connectivity index (χ4v) is 1.36. The molecule has 0 heterocycles. The van der Waals surface area contributed by atoms with Crippen LogP contribution >= 0.6 is 0 Å². The van der Waals surface area contributed by atoms with E-state index in [4.69, 9.17) is 5.11 Å². The van der Waals surface area contributed by atoms with Gasteiger partial charge >= 0.3 is 5.97 Å². The van der Waals surface area contributed by atoms with Crippen molar-refractivity contribution in [1.82, 2.24) is 0 Å². The van der Waals surface area contributed by atoms with Gasteiger partial charge in [0, 0.05) is 6.42 Å². The normalized spacial score (nSPS) is 13.9. The van der Waals surface area contributed by atoms with E-state index in [-0.39, 0.29) is 25.2 Å². The molecule has 2 atom stereocenters. The molecule has 0 aliphatic carbocycles. The van der Waals surface area contributed by atoms with Gasteiger partial charge in [0.25, 0.3) is 0 Å². The van der Waals surface area contributed by atoms with Gasteiger partial charge in [0.1, 0.15) is 6.17 Å². The van der Waals surface area contributed by atoms with Crippen molar-refractivity contribution in [3.63, 3.8) is 0 Å². The van der Waals surface area contributed by atoms with Crippen LogP contribution in [0.25, 0.3) is 6.08 Å². The Morgan fingerprint density at radius 3 is 2.50 bits per heavy atom. The molecule has 5 heteroatoms. The minimum absolute atomic E-state index is 0. The number of benzene rings is 1. The van der Waals surface area contributed by atoms with Crippen LogP contribution < -0.4 is 18.1 Å². The predicted molar refractivity (Wildman–Crippen MR) is 63.9 cm³/mol. The number of carbonyl (C=O) groups is 1. The molecule has 0 spiro atoms. The molecule has 3 nitrogen and oxygen atoms in total. The molecule has 0 bridgehead atoms. The molecule has 0 amide bonds. The summed E-state index contributed by atoms with van der Waals surface area (Å²) >= 11 is 0. The van der Waals surface area contributed by atoms with Crippen LogP contribution in [0.1, 0.15) is 18.4 Å². The Hall–Kier alpha value is -1.39. The van der Waals surface area contributed by atoms with E-state index < -0.39 is 18.2 Å². The van der Waals surface area contributed by atoms with Crippen LogP contribution in [0.15, 0.2) is 36.4 Å². The van der Waals surface area contributed by atoms with Crippen LogP contribution in [-0.2, 0) is 4.79 Å². The molecule has 0 aliphatic rings. The second kappa shape index (κ2) is 8.66. The zero-order valence-corrected chi connectivity index (χ0v) is 10.7. The van der Waals surface area contributed by atoms with Crippen molar-refractivity contribution in [3.05, 3.63) is 42.0 Å². The molecule has 1 aromatic rings. The molecular formula is C13H17ClFNO2. The number of allylic oxidation sites excluding steroid dienone is 1. The first-order chi connectivity index (χ1) is 8.09. The molecule has 18 heavy (non-hydrogen) atoms. The van der Waals surface area contributed by atoms with Gasteiger partial charge in [-0.25, -0.2) is 9.18 Å². The van der Waals surface area contributed by atoms with E-state index in [0.29, 0.717) is 0 Å². The first-order valence-electron chi connectivity index (χ1n) is 5.53. The SMILES string of the molecule is [Cl-].[NH3+][C@H](CCC(F)/C=C/c1ccccc1)C(=O)O. The lowest BCUT2D eigenvalue weighted by Crippen LogP contribution is -3.00. The number of aliphatic carboxylic acids is 1. The van der Waals surface area contributed by atoms with Crippen molar-refractivity contribution in [2.45, 2.75) is 25.1 Å². The molecule has 1 aromatic carbocycles.